The van der Waals surface area contributed by atoms with Gasteiger partial charge in [-0.2, -0.15) is 13.2 Å². The summed E-state index contributed by atoms with van der Waals surface area (Å²) in [6.07, 6.45) is -5.57. The summed E-state index contributed by atoms with van der Waals surface area (Å²) in [6.45, 7) is -0.797. The van der Waals surface area contributed by atoms with Crippen molar-refractivity contribution in [1.29, 1.82) is 0 Å². The van der Waals surface area contributed by atoms with E-state index in [4.69, 9.17) is 5.11 Å². The molecule has 124 valence electrons. The van der Waals surface area contributed by atoms with Gasteiger partial charge in [-0.25, -0.2) is 17.6 Å². The standard InChI is InChI=1S/C14H8F7NO/c15-10-8(5-22-6-1-3-7(23)4-2-6)11(16)13(18)9(12(10)17)14(19,20)21/h1-4,22-23H,5H2. The second-order valence-electron chi connectivity index (χ2n) is 4.51. The highest BCUT2D eigenvalue weighted by atomic mass is 19.4. The predicted molar refractivity (Wildman–Crippen MR) is 66.7 cm³/mol. The van der Waals surface area contributed by atoms with E-state index in [1.165, 1.54) is 24.3 Å². The number of aromatic hydroxyl groups is 1. The average molecular weight is 339 g/mol. The van der Waals surface area contributed by atoms with Crippen LogP contribution in [0.25, 0.3) is 0 Å². The SMILES string of the molecule is Oc1ccc(NCc2c(F)c(F)c(C(F)(F)F)c(F)c2F)cc1. The Balaban J connectivity index is 2.38. The Morgan fingerprint density at radius 2 is 1.30 bits per heavy atom. The number of phenols is 1. The smallest absolute Gasteiger partial charge is 0.422 e. The third-order valence-corrected chi connectivity index (χ3v) is 2.97. The van der Waals surface area contributed by atoms with Crippen LogP contribution in [0.5, 0.6) is 5.75 Å². The van der Waals surface area contributed by atoms with Crippen LogP contribution in [0, 0.1) is 23.3 Å². The van der Waals surface area contributed by atoms with Crippen molar-refractivity contribution in [1.82, 2.24) is 0 Å². The zero-order chi connectivity index (χ0) is 17.4. The van der Waals surface area contributed by atoms with Gasteiger partial charge in [0.25, 0.3) is 0 Å². The van der Waals surface area contributed by atoms with E-state index in [1.807, 2.05) is 0 Å². The van der Waals surface area contributed by atoms with E-state index in [-0.39, 0.29) is 11.4 Å². The Hall–Kier alpha value is -2.45. The minimum absolute atomic E-state index is 0.0977. The number of halogens is 7. The minimum atomic E-state index is -5.57. The van der Waals surface area contributed by atoms with Crippen LogP contribution in [0.1, 0.15) is 11.1 Å². The van der Waals surface area contributed by atoms with Gasteiger partial charge >= 0.3 is 6.18 Å². The summed E-state index contributed by atoms with van der Waals surface area (Å²) >= 11 is 0. The number of hydrogen-bond acceptors (Lipinski definition) is 2. The van der Waals surface area contributed by atoms with Crippen molar-refractivity contribution in [3.05, 3.63) is 58.7 Å². The molecule has 0 spiro atoms. The van der Waals surface area contributed by atoms with Gasteiger partial charge in [-0.05, 0) is 24.3 Å². The monoisotopic (exact) mass is 339 g/mol. The first-order valence-electron chi connectivity index (χ1n) is 6.07. The molecule has 0 aliphatic heterocycles. The van der Waals surface area contributed by atoms with Gasteiger partial charge in [-0.1, -0.05) is 0 Å². The molecule has 0 radical (unpaired) electrons. The van der Waals surface area contributed by atoms with Crippen molar-refractivity contribution >= 4 is 5.69 Å². The quantitative estimate of drug-likeness (QED) is 0.487. The van der Waals surface area contributed by atoms with Crippen molar-refractivity contribution < 1.29 is 35.8 Å². The first-order valence-corrected chi connectivity index (χ1v) is 6.07. The van der Waals surface area contributed by atoms with Crippen molar-refractivity contribution in [2.75, 3.05) is 5.32 Å². The molecule has 0 atom stereocenters. The fourth-order valence-corrected chi connectivity index (χ4v) is 1.85. The Labute approximate surface area is 125 Å². The molecular weight excluding hydrogens is 331 g/mol. The highest BCUT2D eigenvalue weighted by Gasteiger charge is 2.42. The van der Waals surface area contributed by atoms with E-state index in [2.05, 4.69) is 5.32 Å². The summed E-state index contributed by atoms with van der Waals surface area (Å²) in [5.74, 6) is -9.35. The topological polar surface area (TPSA) is 32.3 Å². The molecule has 0 heterocycles. The van der Waals surface area contributed by atoms with E-state index in [9.17, 15) is 30.7 Å². The molecule has 0 saturated heterocycles. The van der Waals surface area contributed by atoms with Crippen LogP contribution >= 0.6 is 0 Å². The van der Waals surface area contributed by atoms with Crippen LogP contribution in [0.4, 0.5) is 36.4 Å². The number of anilines is 1. The van der Waals surface area contributed by atoms with Crippen LogP contribution in [0.15, 0.2) is 24.3 Å². The van der Waals surface area contributed by atoms with Crippen LogP contribution < -0.4 is 5.32 Å². The maximum atomic E-state index is 13.6. The lowest BCUT2D eigenvalue weighted by atomic mass is 10.1. The molecule has 0 saturated carbocycles. The molecule has 0 amide bonds. The van der Waals surface area contributed by atoms with Crippen molar-refractivity contribution in [2.45, 2.75) is 12.7 Å². The van der Waals surface area contributed by atoms with Gasteiger partial charge in [-0.15, -0.1) is 0 Å². The number of rotatable bonds is 3. The number of alkyl halides is 3. The van der Waals surface area contributed by atoms with Gasteiger partial charge < -0.3 is 10.4 Å². The van der Waals surface area contributed by atoms with Crippen molar-refractivity contribution in [2.24, 2.45) is 0 Å². The molecule has 23 heavy (non-hydrogen) atoms. The Kier molecular flexibility index (Phi) is 4.39. The third kappa shape index (κ3) is 3.33. The van der Waals surface area contributed by atoms with Gasteiger partial charge in [0.15, 0.2) is 23.3 Å². The summed E-state index contributed by atoms with van der Waals surface area (Å²) in [5.41, 5.74) is -3.59. The van der Waals surface area contributed by atoms with Gasteiger partial charge in [0.05, 0.1) is 0 Å². The molecule has 9 heteroatoms. The van der Waals surface area contributed by atoms with Crippen LogP contribution in [0.3, 0.4) is 0 Å². The third-order valence-electron chi connectivity index (χ3n) is 2.97. The second-order valence-corrected chi connectivity index (χ2v) is 4.51. The van der Waals surface area contributed by atoms with E-state index in [0.29, 0.717) is 0 Å². The minimum Gasteiger partial charge on any atom is -0.508 e. The molecular formula is C14H8F7NO. The van der Waals surface area contributed by atoms with Crippen molar-refractivity contribution in [3.8, 4) is 5.75 Å². The predicted octanol–water partition coefficient (Wildman–Crippen LogP) is 4.58. The summed E-state index contributed by atoms with van der Waals surface area (Å²) in [5, 5.41) is 11.4. The Bertz CT molecular complexity index is 696. The molecule has 0 aliphatic carbocycles. The Morgan fingerprint density at radius 3 is 1.74 bits per heavy atom. The molecule has 2 rings (SSSR count). The summed E-state index contributed by atoms with van der Waals surface area (Å²) in [4.78, 5) is 0. The van der Waals surface area contributed by atoms with Crippen molar-refractivity contribution in [3.63, 3.8) is 0 Å². The summed E-state index contributed by atoms with van der Waals surface area (Å²) < 4.78 is 91.4. The highest BCUT2D eigenvalue weighted by molar-refractivity contribution is 5.47. The number of nitrogens with one attached hydrogen (secondary N) is 1. The van der Waals surface area contributed by atoms with Gasteiger partial charge in [0.2, 0.25) is 0 Å². The van der Waals surface area contributed by atoms with Gasteiger partial charge in [0, 0.05) is 17.8 Å². The van der Waals surface area contributed by atoms with Crippen LogP contribution in [0.2, 0.25) is 0 Å². The molecule has 2 N–H and O–H groups in total. The molecule has 0 bridgehead atoms. The highest BCUT2D eigenvalue weighted by Crippen LogP contribution is 2.37. The maximum absolute atomic E-state index is 13.6. The molecule has 0 unspecified atom stereocenters. The fourth-order valence-electron chi connectivity index (χ4n) is 1.85. The largest absolute Gasteiger partial charge is 0.508 e. The number of phenolic OH excluding ortho intramolecular Hbond substituents is 1. The molecule has 2 nitrogen and oxygen atoms in total. The summed E-state index contributed by atoms with van der Waals surface area (Å²) in [7, 11) is 0. The molecule has 2 aromatic rings. The second kappa shape index (κ2) is 5.98. The maximum Gasteiger partial charge on any atom is 0.422 e. The van der Waals surface area contributed by atoms with Crippen LogP contribution in [-0.4, -0.2) is 5.11 Å². The molecule has 0 aliphatic rings. The lowest BCUT2D eigenvalue weighted by Gasteiger charge is -2.15. The number of hydrogen-bond donors (Lipinski definition) is 2. The zero-order valence-electron chi connectivity index (χ0n) is 11.1. The first kappa shape index (κ1) is 16.9. The molecule has 0 fully saturated rings. The zero-order valence-corrected chi connectivity index (χ0v) is 11.1. The van der Waals surface area contributed by atoms with E-state index >= 15 is 0 Å². The van der Waals surface area contributed by atoms with Crippen LogP contribution in [-0.2, 0) is 12.7 Å². The van der Waals surface area contributed by atoms with E-state index in [1.54, 1.807) is 0 Å². The summed E-state index contributed by atoms with van der Waals surface area (Å²) in [6, 6.07) is 5.04. The Morgan fingerprint density at radius 1 is 0.826 bits per heavy atom. The van der Waals surface area contributed by atoms with E-state index < -0.39 is 47.1 Å². The van der Waals surface area contributed by atoms with Gasteiger partial charge in [-0.3, -0.25) is 0 Å². The lowest BCUT2D eigenvalue weighted by Crippen LogP contribution is -2.18. The average Bonchev–Trinajstić information content (AvgIpc) is 2.46. The van der Waals surface area contributed by atoms with E-state index in [0.717, 1.165) is 0 Å². The van der Waals surface area contributed by atoms with Gasteiger partial charge in [0.1, 0.15) is 11.3 Å². The normalized spacial score (nSPS) is 11.6. The molecule has 2 aromatic carbocycles. The fraction of sp³-hybridized carbons (Fsp3) is 0.143. The lowest BCUT2D eigenvalue weighted by molar-refractivity contribution is -0.143. The molecule has 0 aromatic heterocycles. The number of benzene rings is 2. The first-order chi connectivity index (χ1) is 10.6.